The van der Waals surface area contributed by atoms with E-state index in [1.165, 1.54) is 6.08 Å². The maximum Gasteiger partial charge on any atom is 0.0912 e. The van der Waals surface area contributed by atoms with Crippen LogP contribution >= 0.6 is 0 Å². The summed E-state index contributed by atoms with van der Waals surface area (Å²) in [6.45, 7) is 3.83. The van der Waals surface area contributed by atoms with Crippen LogP contribution < -0.4 is 0 Å². The molecule has 0 atom stereocenters. The third kappa shape index (κ3) is 1.47. The zero-order valence-electron chi connectivity index (χ0n) is 6.55. The molecule has 3 heteroatoms. The lowest BCUT2D eigenvalue weighted by atomic mass is 10.2. The van der Waals surface area contributed by atoms with Gasteiger partial charge in [0.05, 0.1) is 11.8 Å². The Balaban J connectivity index is 3.03. The first kappa shape index (κ1) is 7.55. The highest BCUT2D eigenvalue weighted by Crippen LogP contribution is 2.10. The third-order valence-electron chi connectivity index (χ3n) is 1.51. The van der Waals surface area contributed by atoms with Gasteiger partial charge in [0, 0.05) is 17.3 Å². The van der Waals surface area contributed by atoms with Gasteiger partial charge in [-0.05, 0) is 19.9 Å². The second kappa shape index (κ2) is 3.02. The van der Waals surface area contributed by atoms with Crippen molar-refractivity contribution in [1.29, 1.82) is 5.26 Å². The van der Waals surface area contributed by atoms with E-state index < -0.39 is 0 Å². The van der Waals surface area contributed by atoms with Gasteiger partial charge in [0.15, 0.2) is 0 Å². The molecule has 1 rings (SSSR count). The molecule has 0 amide bonds. The van der Waals surface area contributed by atoms with Crippen LogP contribution in [0, 0.1) is 25.2 Å². The van der Waals surface area contributed by atoms with Crippen molar-refractivity contribution >= 4 is 6.08 Å². The molecular weight excluding hydrogens is 138 g/mol. The fourth-order valence-corrected chi connectivity index (χ4v) is 0.926. The molecule has 0 unspecified atom stereocenters. The van der Waals surface area contributed by atoms with E-state index in [1.54, 1.807) is 6.08 Å². The molecule has 1 heterocycles. The summed E-state index contributed by atoms with van der Waals surface area (Å²) in [7, 11) is 0. The van der Waals surface area contributed by atoms with Gasteiger partial charge >= 0.3 is 0 Å². The maximum atomic E-state index is 8.28. The number of hydrogen-bond acceptors (Lipinski definition) is 2. The van der Waals surface area contributed by atoms with E-state index >= 15 is 0 Å². The molecule has 0 aliphatic heterocycles. The molecule has 0 bridgehead atoms. The second-order valence-corrected chi connectivity index (χ2v) is 2.31. The smallest absolute Gasteiger partial charge is 0.0912 e. The predicted octanol–water partition coefficient (Wildman–Crippen LogP) is 1.56. The van der Waals surface area contributed by atoms with Crippen molar-refractivity contribution in [1.82, 2.24) is 10.2 Å². The van der Waals surface area contributed by atoms with E-state index in [2.05, 4.69) is 10.2 Å². The summed E-state index contributed by atoms with van der Waals surface area (Å²) < 4.78 is 0. The minimum Gasteiger partial charge on any atom is -0.282 e. The first-order valence-electron chi connectivity index (χ1n) is 3.33. The van der Waals surface area contributed by atoms with Gasteiger partial charge in [0.2, 0.25) is 0 Å². The SMILES string of the molecule is Cc1n[nH]c(C)c1C=CC#N. The summed E-state index contributed by atoms with van der Waals surface area (Å²) in [6.07, 6.45) is 3.21. The maximum absolute atomic E-state index is 8.28. The van der Waals surface area contributed by atoms with Crippen molar-refractivity contribution in [2.75, 3.05) is 0 Å². The summed E-state index contributed by atoms with van der Waals surface area (Å²) in [4.78, 5) is 0. The van der Waals surface area contributed by atoms with Crippen LogP contribution in [0.25, 0.3) is 6.08 Å². The van der Waals surface area contributed by atoms with Crippen LogP contribution in [0.5, 0.6) is 0 Å². The van der Waals surface area contributed by atoms with Gasteiger partial charge in [-0.2, -0.15) is 10.4 Å². The number of aryl methyl sites for hydroxylation is 2. The highest BCUT2D eigenvalue weighted by atomic mass is 15.1. The van der Waals surface area contributed by atoms with Gasteiger partial charge in [-0.1, -0.05) is 0 Å². The van der Waals surface area contributed by atoms with Crippen LogP contribution in [0.4, 0.5) is 0 Å². The lowest BCUT2D eigenvalue weighted by Crippen LogP contribution is -1.75. The molecule has 0 saturated heterocycles. The van der Waals surface area contributed by atoms with Gasteiger partial charge in [0.25, 0.3) is 0 Å². The van der Waals surface area contributed by atoms with Crippen LogP contribution in [0.15, 0.2) is 6.08 Å². The van der Waals surface area contributed by atoms with Crippen molar-refractivity contribution in [2.24, 2.45) is 0 Å². The molecule has 0 saturated carbocycles. The van der Waals surface area contributed by atoms with E-state index in [4.69, 9.17) is 5.26 Å². The highest BCUT2D eigenvalue weighted by Gasteiger charge is 2.00. The predicted molar refractivity (Wildman–Crippen MR) is 42.7 cm³/mol. The summed E-state index contributed by atoms with van der Waals surface area (Å²) in [6, 6.07) is 1.94. The first-order chi connectivity index (χ1) is 5.25. The number of nitrogens with one attached hydrogen (secondary N) is 1. The van der Waals surface area contributed by atoms with Crippen molar-refractivity contribution in [3.8, 4) is 6.07 Å². The highest BCUT2D eigenvalue weighted by molar-refractivity contribution is 5.55. The van der Waals surface area contributed by atoms with E-state index in [1.807, 2.05) is 19.9 Å². The number of hydrogen-bond donors (Lipinski definition) is 1. The standard InChI is InChI=1S/C8H9N3/c1-6-8(4-3-5-9)7(2)11-10-6/h3-4H,1-2H3,(H,10,11). The van der Waals surface area contributed by atoms with Gasteiger partial charge in [0.1, 0.15) is 0 Å². The van der Waals surface area contributed by atoms with Gasteiger partial charge < -0.3 is 0 Å². The lowest BCUT2D eigenvalue weighted by Gasteiger charge is -1.87. The Morgan fingerprint density at radius 2 is 2.27 bits per heavy atom. The molecule has 0 aliphatic carbocycles. The van der Waals surface area contributed by atoms with Gasteiger partial charge in [-0.25, -0.2) is 0 Å². The molecule has 56 valence electrons. The Morgan fingerprint density at radius 1 is 1.55 bits per heavy atom. The van der Waals surface area contributed by atoms with E-state index in [0.717, 1.165) is 17.0 Å². The van der Waals surface area contributed by atoms with Crippen LogP contribution in [-0.2, 0) is 0 Å². The van der Waals surface area contributed by atoms with Crippen LogP contribution in [0.3, 0.4) is 0 Å². The van der Waals surface area contributed by atoms with Crippen molar-refractivity contribution in [2.45, 2.75) is 13.8 Å². The third-order valence-corrected chi connectivity index (χ3v) is 1.51. The normalized spacial score (nSPS) is 10.3. The number of nitriles is 1. The second-order valence-electron chi connectivity index (χ2n) is 2.31. The minimum atomic E-state index is 0.925. The molecule has 1 N–H and O–H groups in total. The first-order valence-corrected chi connectivity index (χ1v) is 3.33. The summed E-state index contributed by atoms with van der Waals surface area (Å²) in [5.41, 5.74) is 2.93. The summed E-state index contributed by atoms with van der Waals surface area (Å²) in [5.74, 6) is 0. The number of H-pyrrole nitrogens is 1. The Hall–Kier alpha value is -1.56. The summed E-state index contributed by atoms with van der Waals surface area (Å²) >= 11 is 0. The molecule has 0 fully saturated rings. The number of nitrogens with zero attached hydrogens (tertiary/aromatic N) is 2. The average molecular weight is 147 g/mol. The molecule has 0 spiro atoms. The molecule has 11 heavy (non-hydrogen) atoms. The number of aromatic amines is 1. The van der Waals surface area contributed by atoms with Crippen molar-refractivity contribution in [3.63, 3.8) is 0 Å². The van der Waals surface area contributed by atoms with Crippen molar-refractivity contribution < 1.29 is 0 Å². The zero-order chi connectivity index (χ0) is 8.27. The monoisotopic (exact) mass is 147 g/mol. The van der Waals surface area contributed by atoms with Crippen LogP contribution in [0.2, 0.25) is 0 Å². The van der Waals surface area contributed by atoms with Crippen LogP contribution in [-0.4, -0.2) is 10.2 Å². The quantitative estimate of drug-likeness (QED) is 0.613. The van der Waals surface area contributed by atoms with E-state index in [-0.39, 0.29) is 0 Å². The molecule has 0 radical (unpaired) electrons. The average Bonchev–Trinajstić information content (AvgIpc) is 2.29. The minimum absolute atomic E-state index is 0.925. The Kier molecular flexibility index (Phi) is 2.07. The lowest BCUT2D eigenvalue weighted by molar-refractivity contribution is 1.02. The van der Waals surface area contributed by atoms with E-state index in [9.17, 15) is 0 Å². The molecule has 0 aliphatic rings. The Labute approximate surface area is 65.4 Å². The molecule has 0 aromatic carbocycles. The molecular formula is C8H9N3. The molecule has 1 aromatic rings. The topological polar surface area (TPSA) is 52.5 Å². The van der Waals surface area contributed by atoms with E-state index in [0.29, 0.717) is 0 Å². The Morgan fingerprint density at radius 3 is 2.73 bits per heavy atom. The zero-order valence-corrected chi connectivity index (χ0v) is 6.55. The number of allylic oxidation sites excluding steroid dienone is 1. The largest absolute Gasteiger partial charge is 0.282 e. The number of rotatable bonds is 1. The summed E-state index contributed by atoms with van der Waals surface area (Å²) in [5, 5.41) is 15.1. The Bertz CT molecular complexity index is 295. The van der Waals surface area contributed by atoms with Gasteiger partial charge in [-0.3, -0.25) is 5.10 Å². The molecule has 1 aromatic heterocycles. The van der Waals surface area contributed by atoms with Gasteiger partial charge in [-0.15, -0.1) is 0 Å². The fourth-order valence-electron chi connectivity index (χ4n) is 0.926. The number of aromatic nitrogens is 2. The van der Waals surface area contributed by atoms with Crippen molar-refractivity contribution in [3.05, 3.63) is 23.0 Å². The fraction of sp³-hybridized carbons (Fsp3) is 0.250. The molecule has 3 nitrogen and oxygen atoms in total. The van der Waals surface area contributed by atoms with Crippen LogP contribution in [0.1, 0.15) is 17.0 Å².